The Morgan fingerprint density at radius 1 is 1.10 bits per heavy atom. The Kier molecular flexibility index (Phi) is 4.83. The summed E-state index contributed by atoms with van der Waals surface area (Å²) in [6.45, 7) is 2.99. The molecule has 1 aromatic carbocycles. The zero-order chi connectivity index (χ0) is 19.6. The Morgan fingerprint density at radius 3 is 2.69 bits per heavy atom. The van der Waals surface area contributed by atoms with Gasteiger partial charge in [-0.05, 0) is 17.0 Å². The Bertz CT molecular complexity index is 1130. The number of carbonyl (C=O) groups excluding carboxylic acids is 1. The van der Waals surface area contributed by atoms with Crippen molar-refractivity contribution in [2.45, 2.75) is 6.42 Å². The summed E-state index contributed by atoms with van der Waals surface area (Å²) in [6.07, 6.45) is 2.00. The number of nitrogens with zero attached hydrogens (tertiary/aromatic N) is 4. The molecular formula is C22H20N4O2S. The Balaban J connectivity index is 1.40. The highest BCUT2D eigenvalue weighted by atomic mass is 32.1. The maximum absolute atomic E-state index is 12.9. The second-order valence-corrected chi connectivity index (χ2v) is 7.91. The summed E-state index contributed by atoms with van der Waals surface area (Å²) in [5.74, 6) is 1.02. The van der Waals surface area contributed by atoms with Gasteiger partial charge in [-0.3, -0.25) is 4.79 Å². The predicted octanol–water partition coefficient (Wildman–Crippen LogP) is 3.72. The third kappa shape index (κ3) is 3.66. The standard InChI is InChI=1S/C22H20N4O2S/c27-19(16-3-5-17(6-4-16)20-2-1-13-29-20)14-18-15-22(25-9-11-28-12-10-25)26-21(24-18)7-8-23-26/h1-8,13,15H,9-12,14H2. The first-order valence-electron chi connectivity index (χ1n) is 9.61. The molecule has 0 aliphatic carbocycles. The number of hydrogen-bond donors (Lipinski definition) is 0. The van der Waals surface area contributed by atoms with Gasteiger partial charge in [0, 0.05) is 35.7 Å². The van der Waals surface area contributed by atoms with Crippen LogP contribution in [0.25, 0.3) is 16.1 Å². The van der Waals surface area contributed by atoms with Gasteiger partial charge < -0.3 is 9.64 Å². The Morgan fingerprint density at radius 2 is 1.93 bits per heavy atom. The van der Waals surface area contributed by atoms with Gasteiger partial charge in [-0.2, -0.15) is 9.61 Å². The molecule has 1 aliphatic heterocycles. The van der Waals surface area contributed by atoms with Gasteiger partial charge in [0.15, 0.2) is 11.4 Å². The summed E-state index contributed by atoms with van der Waals surface area (Å²) >= 11 is 1.69. The molecule has 0 bridgehead atoms. The average Bonchev–Trinajstić information content (AvgIpc) is 3.46. The molecule has 0 spiro atoms. The summed E-state index contributed by atoms with van der Waals surface area (Å²) in [5.41, 5.74) is 3.34. The molecule has 1 saturated heterocycles. The molecular weight excluding hydrogens is 384 g/mol. The molecule has 4 heterocycles. The van der Waals surface area contributed by atoms with E-state index in [1.165, 1.54) is 4.88 Å². The third-order valence-corrected chi connectivity index (χ3v) is 6.00. The van der Waals surface area contributed by atoms with Gasteiger partial charge in [-0.25, -0.2) is 4.98 Å². The third-order valence-electron chi connectivity index (χ3n) is 5.08. The van der Waals surface area contributed by atoms with Crippen LogP contribution in [0.1, 0.15) is 16.1 Å². The minimum atomic E-state index is 0.0621. The lowest BCUT2D eigenvalue weighted by Gasteiger charge is -2.29. The van der Waals surface area contributed by atoms with E-state index in [-0.39, 0.29) is 12.2 Å². The number of benzene rings is 1. The number of hydrogen-bond acceptors (Lipinski definition) is 6. The number of Topliss-reactive ketones (excluding diaryl/α,β-unsaturated/α-hetero) is 1. The van der Waals surface area contributed by atoms with Gasteiger partial charge in [-0.1, -0.05) is 30.3 Å². The fourth-order valence-corrected chi connectivity index (χ4v) is 4.32. The molecule has 6 nitrogen and oxygen atoms in total. The number of aromatic nitrogens is 3. The Labute approximate surface area is 172 Å². The number of carbonyl (C=O) groups is 1. The van der Waals surface area contributed by atoms with Crippen LogP contribution in [0, 0.1) is 0 Å². The molecule has 0 N–H and O–H groups in total. The smallest absolute Gasteiger partial charge is 0.168 e. The SMILES string of the molecule is O=C(Cc1cc(N2CCOCC2)n2nccc2n1)c1ccc(-c2cccs2)cc1. The number of ketones is 1. The monoisotopic (exact) mass is 404 g/mol. The van der Waals surface area contributed by atoms with Crippen molar-refractivity contribution in [3.63, 3.8) is 0 Å². The van der Waals surface area contributed by atoms with Crippen LogP contribution in [0.2, 0.25) is 0 Å². The molecule has 0 atom stereocenters. The molecule has 1 aliphatic rings. The van der Waals surface area contributed by atoms with Crippen LogP contribution in [0.3, 0.4) is 0 Å². The first-order valence-corrected chi connectivity index (χ1v) is 10.5. The van der Waals surface area contributed by atoms with Crippen molar-refractivity contribution < 1.29 is 9.53 Å². The van der Waals surface area contributed by atoms with Gasteiger partial charge in [0.2, 0.25) is 0 Å². The fraction of sp³-hybridized carbons (Fsp3) is 0.227. The van der Waals surface area contributed by atoms with Crippen LogP contribution in [-0.4, -0.2) is 46.7 Å². The van der Waals surface area contributed by atoms with E-state index in [1.54, 1.807) is 17.5 Å². The van der Waals surface area contributed by atoms with Crippen LogP contribution in [0.15, 0.2) is 60.1 Å². The quantitative estimate of drug-likeness (QED) is 0.475. The molecule has 29 heavy (non-hydrogen) atoms. The minimum absolute atomic E-state index is 0.0621. The summed E-state index contributed by atoms with van der Waals surface area (Å²) in [6, 6.07) is 15.8. The van der Waals surface area contributed by atoms with E-state index in [0.29, 0.717) is 18.8 Å². The lowest BCUT2D eigenvalue weighted by molar-refractivity contribution is 0.0992. The van der Waals surface area contributed by atoms with Gasteiger partial charge in [0.25, 0.3) is 0 Å². The van der Waals surface area contributed by atoms with Gasteiger partial charge in [0.05, 0.1) is 31.5 Å². The number of rotatable bonds is 5. The highest BCUT2D eigenvalue weighted by Crippen LogP contribution is 2.25. The normalized spacial score (nSPS) is 14.4. The molecule has 3 aromatic heterocycles. The van der Waals surface area contributed by atoms with Crippen molar-refractivity contribution >= 4 is 28.6 Å². The maximum atomic E-state index is 12.9. The number of morpholine rings is 1. The Hall–Kier alpha value is -3.03. The summed E-state index contributed by atoms with van der Waals surface area (Å²) in [7, 11) is 0. The summed E-state index contributed by atoms with van der Waals surface area (Å²) < 4.78 is 7.29. The van der Waals surface area contributed by atoms with Crippen molar-refractivity contribution in [2.24, 2.45) is 0 Å². The van der Waals surface area contributed by atoms with Crippen LogP contribution >= 0.6 is 11.3 Å². The van der Waals surface area contributed by atoms with Crippen molar-refractivity contribution in [1.82, 2.24) is 14.6 Å². The predicted molar refractivity (Wildman–Crippen MR) is 114 cm³/mol. The zero-order valence-electron chi connectivity index (χ0n) is 15.8. The topological polar surface area (TPSA) is 59.7 Å². The minimum Gasteiger partial charge on any atom is -0.378 e. The lowest BCUT2D eigenvalue weighted by atomic mass is 10.0. The van der Waals surface area contributed by atoms with E-state index in [4.69, 9.17) is 4.74 Å². The van der Waals surface area contributed by atoms with Gasteiger partial charge >= 0.3 is 0 Å². The highest BCUT2D eigenvalue weighted by molar-refractivity contribution is 7.13. The maximum Gasteiger partial charge on any atom is 0.168 e. The molecule has 0 unspecified atom stereocenters. The van der Waals surface area contributed by atoms with Crippen molar-refractivity contribution in [2.75, 3.05) is 31.2 Å². The number of fused-ring (bicyclic) bond motifs is 1. The van der Waals surface area contributed by atoms with Crippen molar-refractivity contribution in [1.29, 1.82) is 0 Å². The van der Waals surface area contributed by atoms with Crippen LogP contribution < -0.4 is 4.90 Å². The second kappa shape index (κ2) is 7.77. The average molecular weight is 404 g/mol. The number of anilines is 1. The molecule has 4 aromatic rings. The van der Waals surface area contributed by atoms with Crippen LogP contribution in [0.4, 0.5) is 5.82 Å². The molecule has 0 amide bonds. The first kappa shape index (κ1) is 18.0. The van der Waals surface area contributed by atoms with E-state index in [2.05, 4.69) is 26.4 Å². The second-order valence-electron chi connectivity index (χ2n) is 6.96. The number of ether oxygens (including phenoxy) is 1. The molecule has 0 saturated carbocycles. The van der Waals surface area contributed by atoms with E-state index in [9.17, 15) is 4.79 Å². The van der Waals surface area contributed by atoms with Crippen molar-refractivity contribution in [3.05, 3.63) is 71.4 Å². The number of thiophene rings is 1. The van der Waals surface area contributed by atoms with E-state index >= 15 is 0 Å². The van der Waals surface area contributed by atoms with E-state index < -0.39 is 0 Å². The summed E-state index contributed by atoms with van der Waals surface area (Å²) in [4.78, 5) is 21.0. The molecule has 0 radical (unpaired) electrons. The van der Waals surface area contributed by atoms with Gasteiger partial charge in [-0.15, -0.1) is 11.3 Å². The van der Waals surface area contributed by atoms with Crippen molar-refractivity contribution in [3.8, 4) is 10.4 Å². The zero-order valence-corrected chi connectivity index (χ0v) is 16.6. The molecule has 7 heteroatoms. The fourth-order valence-electron chi connectivity index (χ4n) is 3.59. The van der Waals surface area contributed by atoms with E-state index in [1.807, 2.05) is 47.0 Å². The molecule has 146 valence electrons. The molecule has 1 fully saturated rings. The largest absolute Gasteiger partial charge is 0.378 e. The van der Waals surface area contributed by atoms with Crippen LogP contribution in [-0.2, 0) is 11.2 Å². The summed E-state index contributed by atoms with van der Waals surface area (Å²) in [5, 5.41) is 6.45. The highest BCUT2D eigenvalue weighted by Gasteiger charge is 2.18. The van der Waals surface area contributed by atoms with E-state index in [0.717, 1.165) is 35.8 Å². The molecule has 5 rings (SSSR count). The lowest BCUT2D eigenvalue weighted by Crippen LogP contribution is -2.37. The van der Waals surface area contributed by atoms with Crippen LogP contribution in [0.5, 0.6) is 0 Å². The van der Waals surface area contributed by atoms with Gasteiger partial charge in [0.1, 0.15) is 5.82 Å². The first-order chi connectivity index (χ1) is 14.3.